The minimum atomic E-state index is -0.226. The first-order chi connectivity index (χ1) is 10.5. The van der Waals surface area contributed by atoms with Gasteiger partial charge in [0.1, 0.15) is 12.4 Å². The van der Waals surface area contributed by atoms with Crippen LogP contribution in [0, 0.1) is 19.7 Å². The van der Waals surface area contributed by atoms with Crippen molar-refractivity contribution in [1.82, 2.24) is 0 Å². The Kier molecular flexibility index (Phi) is 5.28. The number of aryl methyl sites for hydroxylation is 2. The molecule has 1 unspecified atom stereocenters. The molecule has 0 saturated carbocycles. The molecular weight excluding hydrogens is 279 g/mol. The monoisotopic (exact) mass is 301 g/mol. The number of nitrogens with one attached hydrogen (secondary N) is 2. The van der Waals surface area contributed by atoms with E-state index in [-0.39, 0.29) is 11.7 Å². The molecule has 0 aromatic heterocycles. The van der Waals surface area contributed by atoms with E-state index < -0.39 is 0 Å². The van der Waals surface area contributed by atoms with Crippen LogP contribution in [0.5, 0.6) is 0 Å². The number of carbonyl (C=O) groups excluding carboxylic acids is 1. The summed E-state index contributed by atoms with van der Waals surface area (Å²) in [5, 5.41) is 2.89. The molecule has 0 bridgehead atoms. The Morgan fingerprint density at radius 3 is 2.55 bits per heavy atom. The summed E-state index contributed by atoms with van der Waals surface area (Å²) >= 11 is 0. The van der Waals surface area contributed by atoms with Crippen molar-refractivity contribution in [2.24, 2.45) is 0 Å². The molecule has 2 rings (SSSR count). The summed E-state index contributed by atoms with van der Waals surface area (Å²) in [7, 11) is 1.88. The van der Waals surface area contributed by atoms with Gasteiger partial charge in [-0.3, -0.25) is 4.79 Å². The van der Waals surface area contributed by atoms with E-state index in [1.54, 1.807) is 18.2 Å². The fourth-order valence-electron chi connectivity index (χ4n) is 2.33. The Hall–Kier alpha value is -2.20. The summed E-state index contributed by atoms with van der Waals surface area (Å²) in [4.78, 5) is 13.0. The standard InChI is InChI=1S/C18H21FN2O/c1-13-8-9-16(10-14(13)2)20-18(22)12-21(3)11-15-6-4-5-7-17(15)19/h4-10H,11-12H2,1-3H3,(H,20,22)/p+1. The molecule has 1 amide bonds. The lowest BCUT2D eigenvalue weighted by molar-refractivity contribution is -0.885. The van der Waals surface area contributed by atoms with Gasteiger partial charge in [0.05, 0.1) is 7.05 Å². The van der Waals surface area contributed by atoms with Gasteiger partial charge in [-0.25, -0.2) is 4.39 Å². The van der Waals surface area contributed by atoms with Crippen molar-refractivity contribution in [1.29, 1.82) is 0 Å². The molecule has 0 aliphatic carbocycles. The van der Waals surface area contributed by atoms with Gasteiger partial charge in [-0.05, 0) is 43.2 Å². The van der Waals surface area contributed by atoms with E-state index in [4.69, 9.17) is 0 Å². The molecule has 2 aromatic carbocycles. The van der Waals surface area contributed by atoms with Gasteiger partial charge in [0, 0.05) is 11.3 Å². The van der Waals surface area contributed by atoms with E-state index in [1.165, 1.54) is 11.6 Å². The molecule has 3 nitrogen and oxygen atoms in total. The maximum absolute atomic E-state index is 13.6. The quantitative estimate of drug-likeness (QED) is 0.871. The third-order valence-electron chi connectivity index (χ3n) is 3.70. The lowest BCUT2D eigenvalue weighted by Crippen LogP contribution is -3.08. The lowest BCUT2D eigenvalue weighted by Gasteiger charge is -2.14. The van der Waals surface area contributed by atoms with Crippen molar-refractivity contribution in [3.8, 4) is 0 Å². The zero-order valence-electron chi connectivity index (χ0n) is 13.2. The topological polar surface area (TPSA) is 33.5 Å². The minimum Gasteiger partial charge on any atom is -0.326 e. The highest BCUT2D eigenvalue weighted by molar-refractivity contribution is 5.91. The van der Waals surface area contributed by atoms with Crippen LogP contribution < -0.4 is 10.2 Å². The SMILES string of the molecule is Cc1ccc(NC(=O)C[NH+](C)Cc2ccccc2F)cc1C. The number of hydrogen-bond acceptors (Lipinski definition) is 1. The predicted octanol–water partition coefficient (Wildman–Crippen LogP) is 2.10. The van der Waals surface area contributed by atoms with Crippen LogP contribution in [0.2, 0.25) is 0 Å². The molecule has 22 heavy (non-hydrogen) atoms. The molecule has 0 spiro atoms. The number of anilines is 1. The third-order valence-corrected chi connectivity index (χ3v) is 3.70. The first kappa shape index (κ1) is 16.2. The fourth-order valence-corrected chi connectivity index (χ4v) is 2.33. The molecule has 1 atom stereocenters. The van der Waals surface area contributed by atoms with Gasteiger partial charge in [0.2, 0.25) is 0 Å². The predicted molar refractivity (Wildman–Crippen MR) is 86.4 cm³/mol. The maximum Gasteiger partial charge on any atom is 0.279 e. The number of hydrogen-bond donors (Lipinski definition) is 2. The molecule has 2 aromatic rings. The van der Waals surface area contributed by atoms with Gasteiger partial charge in [-0.2, -0.15) is 0 Å². The Bertz CT molecular complexity index is 670. The van der Waals surface area contributed by atoms with Gasteiger partial charge >= 0.3 is 0 Å². The minimum absolute atomic E-state index is 0.0721. The van der Waals surface area contributed by atoms with Crippen LogP contribution in [0.15, 0.2) is 42.5 Å². The Labute approximate surface area is 130 Å². The molecule has 2 N–H and O–H groups in total. The van der Waals surface area contributed by atoms with E-state index in [9.17, 15) is 9.18 Å². The molecule has 0 aliphatic rings. The third kappa shape index (κ3) is 4.40. The maximum atomic E-state index is 13.6. The summed E-state index contributed by atoms with van der Waals surface area (Å²) in [6.45, 7) is 4.82. The number of carbonyl (C=O) groups is 1. The van der Waals surface area contributed by atoms with Crippen LogP contribution in [-0.2, 0) is 11.3 Å². The normalized spacial score (nSPS) is 12.0. The summed E-state index contributed by atoms with van der Waals surface area (Å²) in [6.07, 6.45) is 0. The van der Waals surface area contributed by atoms with Gasteiger partial charge in [-0.1, -0.05) is 24.3 Å². The molecular formula is C18H22FN2O+. The van der Waals surface area contributed by atoms with Crippen LogP contribution in [0.4, 0.5) is 10.1 Å². The summed E-state index contributed by atoms with van der Waals surface area (Å²) in [5.74, 6) is -0.298. The zero-order valence-corrected chi connectivity index (χ0v) is 13.2. The van der Waals surface area contributed by atoms with Gasteiger partial charge in [0.25, 0.3) is 5.91 Å². The summed E-state index contributed by atoms with van der Waals surface area (Å²) < 4.78 is 13.6. The smallest absolute Gasteiger partial charge is 0.279 e. The average molecular weight is 301 g/mol. The number of benzene rings is 2. The Balaban J connectivity index is 1.91. The van der Waals surface area contributed by atoms with E-state index >= 15 is 0 Å². The highest BCUT2D eigenvalue weighted by Crippen LogP contribution is 2.13. The van der Waals surface area contributed by atoms with E-state index in [1.807, 2.05) is 39.1 Å². The second-order valence-corrected chi connectivity index (χ2v) is 5.75. The number of halogens is 1. The molecule has 0 saturated heterocycles. The summed E-state index contributed by atoms with van der Waals surface area (Å²) in [6, 6.07) is 12.5. The van der Waals surface area contributed by atoms with E-state index in [0.717, 1.165) is 16.2 Å². The Morgan fingerprint density at radius 1 is 1.14 bits per heavy atom. The number of quaternary nitrogens is 1. The zero-order chi connectivity index (χ0) is 16.1. The molecule has 0 heterocycles. The van der Waals surface area contributed by atoms with Crippen LogP contribution in [0.25, 0.3) is 0 Å². The first-order valence-electron chi connectivity index (χ1n) is 7.37. The highest BCUT2D eigenvalue weighted by atomic mass is 19.1. The van der Waals surface area contributed by atoms with E-state index in [2.05, 4.69) is 5.32 Å². The van der Waals surface area contributed by atoms with Crippen LogP contribution >= 0.6 is 0 Å². The number of rotatable bonds is 5. The fraction of sp³-hybridized carbons (Fsp3) is 0.278. The van der Waals surface area contributed by atoms with Crippen LogP contribution in [0.1, 0.15) is 16.7 Å². The molecule has 4 heteroatoms. The average Bonchev–Trinajstić information content (AvgIpc) is 2.45. The second kappa shape index (κ2) is 7.18. The highest BCUT2D eigenvalue weighted by Gasteiger charge is 2.13. The molecule has 0 aliphatic heterocycles. The largest absolute Gasteiger partial charge is 0.326 e. The Morgan fingerprint density at radius 2 is 1.86 bits per heavy atom. The van der Waals surface area contributed by atoms with Gasteiger partial charge < -0.3 is 10.2 Å². The van der Waals surface area contributed by atoms with E-state index in [0.29, 0.717) is 18.7 Å². The second-order valence-electron chi connectivity index (χ2n) is 5.75. The van der Waals surface area contributed by atoms with Crippen molar-refractivity contribution >= 4 is 11.6 Å². The van der Waals surface area contributed by atoms with Gasteiger partial charge in [-0.15, -0.1) is 0 Å². The molecule has 116 valence electrons. The van der Waals surface area contributed by atoms with Gasteiger partial charge in [0.15, 0.2) is 6.54 Å². The van der Waals surface area contributed by atoms with Crippen molar-refractivity contribution in [3.05, 3.63) is 65.0 Å². The molecule has 0 fully saturated rings. The van der Waals surface area contributed by atoms with Crippen molar-refractivity contribution in [2.75, 3.05) is 18.9 Å². The van der Waals surface area contributed by atoms with Crippen molar-refractivity contribution in [2.45, 2.75) is 20.4 Å². The lowest BCUT2D eigenvalue weighted by atomic mass is 10.1. The first-order valence-corrected chi connectivity index (χ1v) is 7.37. The van der Waals surface area contributed by atoms with Crippen molar-refractivity contribution in [3.63, 3.8) is 0 Å². The van der Waals surface area contributed by atoms with Crippen molar-refractivity contribution < 1.29 is 14.1 Å². The number of amides is 1. The summed E-state index contributed by atoms with van der Waals surface area (Å²) in [5.41, 5.74) is 3.76. The molecule has 0 radical (unpaired) electrons. The van der Waals surface area contributed by atoms with Crippen LogP contribution in [-0.4, -0.2) is 19.5 Å². The van der Waals surface area contributed by atoms with Crippen LogP contribution in [0.3, 0.4) is 0 Å². The number of likely N-dealkylation sites (N-methyl/N-ethyl adjacent to an activating group) is 1.